The van der Waals surface area contributed by atoms with Gasteiger partial charge in [-0.1, -0.05) is 23.4 Å². The van der Waals surface area contributed by atoms with Crippen molar-refractivity contribution in [2.75, 3.05) is 18.8 Å². The number of aryl methyl sites for hydroxylation is 1. The Bertz CT molecular complexity index is 2010. The third-order valence-corrected chi connectivity index (χ3v) is 10.5. The maximum Gasteiger partial charge on any atom is 0.267 e. The molecule has 1 aromatic heterocycles. The minimum absolute atomic E-state index is 0.0517. The van der Waals surface area contributed by atoms with E-state index in [0.29, 0.717) is 16.7 Å². The predicted molar refractivity (Wildman–Crippen MR) is 161 cm³/mol. The van der Waals surface area contributed by atoms with Crippen LogP contribution in [0.3, 0.4) is 0 Å². The SMILES string of the molecule is Cc1oncc1S(=O)(=O)Nc1ccc(-c2ccc(O)c3c2C[C@H]2C[C@H]4C(N(C)C)C(O)=C(C(N)=O)C(=O)[C@@]4(O)C(O)=C2C3=O)cc1. The van der Waals surface area contributed by atoms with Crippen LogP contribution in [0.2, 0.25) is 0 Å². The smallest absolute Gasteiger partial charge is 0.267 e. The molecule has 1 amide bonds. The second-order valence-electron chi connectivity index (χ2n) is 11.9. The maximum absolute atomic E-state index is 14.0. The van der Waals surface area contributed by atoms with Crippen LogP contribution in [-0.2, 0) is 26.0 Å². The highest BCUT2D eigenvalue weighted by molar-refractivity contribution is 7.92. The van der Waals surface area contributed by atoms with Crippen molar-refractivity contribution < 1.29 is 47.8 Å². The van der Waals surface area contributed by atoms with Gasteiger partial charge in [-0.15, -0.1) is 0 Å². The second-order valence-corrected chi connectivity index (χ2v) is 13.5. The standard InChI is InChI=1S/C31H30N4O10S/c1-13-21(12-33-45-13)46(43,44)34-16-6-4-14(5-7-16)17-8-9-20(36)23-18(17)10-15-11-19-25(35(2)3)27(38)24(30(32)41)29(40)31(19,42)28(39)22(15)26(23)37/h4-9,12,15,19,25,34,36,38-39,42H,10-11H2,1-3H3,(H2,32,41)/t15-,19-,25?,31-/m0/s1. The highest BCUT2D eigenvalue weighted by Gasteiger charge is 2.63. The summed E-state index contributed by atoms with van der Waals surface area (Å²) in [5.74, 6) is -7.17. The lowest BCUT2D eigenvalue weighted by molar-refractivity contribution is -0.148. The molecule has 0 fully saturated rings. The summed E-state index contributed by atoms with van der Waals surface area (Å²) in [6, 6.07) is 8.12. The molecule has 6 rings (SSSR count). The summed E-state index contributed by atoms with van der Waals surface area (Å²) in [5.41, 5.74) is 3.19. The van der Waals surface area contributed by atoms with Gasteiger partial charge in [0, 0.05) is 17.2 Å². The average molecular weight is 651 g/mol. The molecule has 3 aliphatic rings. The number of ketones is 2. The Kier molecular flexibility index (Phi) is 7.10. The van der Waals surface area contributed by atoms with Gasteiger partial charge in [-0.2, -0.15) is 0 Å². The molecule has 0 spiro atoms. The van der Waals surface area contributed by atoms with Gasteiger partial charge in [0.2, 0.25) is 5.78 Å². The Hall–Kier alpha value is -4.99. The van der Waals surface area contributed by atoms with Crippen molar-refractivity contribution in [1.82, 2.24) is 10.1 Å². The van der Waals surface area contributed by atoms with Gasteiger partial charge in [0.1, 0.15) is 27.7 Å². The first-order valence-electron chi connectivity index (χ1n) is 14.1. The Balaban J connectivity index is 1.41. The van der Waals surface area contributed by atoms with Crippen LogP contribution in [0.1, 0.15) is 28.1 Å². The Morgan fingerprint density at radius 2 is 1.78 bits per heavy atom. The second kappa shape index (κ2) is 10.5. The van der Waals surface area contributed by atoms with Crippen molar-refractivity contribution in [3.05, 3.63) is 82.1 Å². The van der Waals surface area contributed by atoms with Crippen LogP contribution in [0.5, 0.6) is 5.75 Å². The molecule has 46 heavy (non-hydrogen) atoms. The number of nitrogens with two attached hydrogens (primary N) is 1. The molecule has 3 aliphatic carbocycles. The van der Waals surface area contributed by atoms with Gasteiger partial charge in [0.05, 0.1) is 17.8 Å². The summed E-state index contributed by atoms with van der Waals surface area (Å²) in [6.45, 7) is 1.47. The number of hydrogen-bond acceptors (Lipinski definition) is 12. The number of benzene rings is 2. The van der Waals surface area contributed by atoms with Gasteiger partial charge in [-0.25, -0.2) is 8.42 Å². The lowest BCUT2D eigenvalue weighted by atomic mass is 9.58. The number of amides is 1. The number of primary amides is 1. The first-order chi connectivity index (χ1) is 21.6. The van der Waals surface area contributed by atoms with Gasteiger partial charge < -0.3 is 30.7 Å². The fraction of sp³-hybridized carbons (Fsp3) is 0.290. The molecule has 1 unspecified atom stereocenters. The minimum atomic E-state index is -3.97. The highest BCUT2D eigenvalue weighted by Crippen LogP contribution is 2.53. The summed E-state index contributed by atoms with van der Waals surface area (Å²) < 4.78 is 32.8. The number of phenols is 1. The molecule has 0 saturated carbocycles. The number of hydrogen-bond donors (Lipinski definition) is 6. The van der Waals surface area contributed by atoms with Crippen molar-refractivity contribution in [3.8, 4) is 16.9 Å². The van der Waals surface area contributed by atoms with Gasteiger partial charge in [-0.05, 0) is 74.7 Å². The molecule has 15 heteroatoms. The van der Waals surface area contributed by atoms with Crippen LogP contribution in [-0.4, -0.2) is 82.1 Å². The molecule has 4 atom stereocenters. The van der Waals surface area contributed by atoms with Crippen molar-refractivity contribution in [2.45, 2.75) is 36.3 Å². The van der Waals surface area contributed by atoms with E-state index in [1.54, 1.807) is 32.3 Å². The third kappa shape index (κ3) is 4.41. The van der Waals surface area contributed by atoms with Crippen LogP contribution >= 0.6 is 0 Å². The number of aliphatic hydroxyl groups excluding tert-OH is 2. The first kappa shape index (κ1) is 31.0. The number of aromatic hydroxyl groups is 1. The number of carbonyl (C=O) groups is 3. The molecule has 2 aromatic carbocycles. The highest BCUT2D eigenvalue weighted by atomic mass is 32.2. The zero-order valence-electron chi connectivity index (χ0n) is 24.8. The molecule has 0 radical (unpaired) electrons. The third-order valence-electron chi connectivity index (χ3n) is 9.05. The number of rotatable bonds is 6. The summed E-state index contributed by atoms with van der Waals surface area (Å²) >= 11 is 0. The Morgan fingerprint density at radius 1 is 1.11 bits per heavy atom. The number of allylic oxidation sites excluding steroid dienone is 1. The van der Waals surface area contributed by atoms with E-state index in [1.807, 2.05) is 0 Å². The fourth-order valence-electron chi connectivity index (χ4n) is 7.00. The normalized spacial score (nSPS) is 24.5. The molecule has 7 N–H and O–H groups in total. The number of anilines is 1. The van der Waals surface area contributed by atoms with Crippen molar-refractivity contribution in [1.29, 1.82) is 0 Å². The van der Waals surface area contributed by atoms with E-state index >= 15 is 0 Å². The molecule has 240 valence electrons. The van der Waals surface area contributed by atoms with Crippen LogP contribution in [0, 0.1) is 18.8 Å². The van der Waals surface area contributed by atoms with Gasteiger partial charge in [0.25, 0.3) is 15.9 Å². The number of likely N-dealkylation sites (N-methyl/N-ethyl adjacent to an activating group) is 1. The number of nitrogens with zero attached hydrogens (tertiary/aromatic N) is 2. The van der Waals surface area contributed by atoms with E-state index < -0.39 is 68.1 Å². The summed E-state index contributed by atoms with van der Waals surface area (Å²) in [7, 11) is -0.861. The maximum atomic E-state index is 14.0. The molecule has 3 aromatic rings. The van der Waals surface area contributed by atoms with Gasteiger partial charge in [-0.3, -0.25) is 24.0 Å². The quantitative estimate of drug-likeness (QED) is 0.210. The molecular formula is C31H30N4O10S. The molecule has 0 bridgehead atoms. The lowest BCUT2D eigenvalue weighted by Crippen LogP contribution is -2.63. The van der Waals surface area contributed by atoms with Gasteiger partial charge in [0.15, 0.2) is 17.1 Å². The monoisotopic (exact) mass is 650 g/mol. The number of carbonyl (C=O) groups excluding carboxylic acids is 3. The van der Waals surface area contributed by atoms with E-state index in [-0.39, 0.29) is 46.1 Å². The number of aromatic nitrogens is 1. The zero-order chi connectivity index (χ0) is 33.5. The number of fused-ring (bicyclic) bond motifs is 3. The van der Waals surface area contributed by atoms with Gasteiger partial charge >= 0.3 is 0 Å². The number of phenolic OH excluding ortho intramolecular Hbond substituents is 1. The molecule has 1 heterocycles. The summed E-state index contributed by atoms with van der Waals surface area (Å²) in [5, 5.41) is 48.5. The van der Waals surface area contributed by atoms with E-state index in [4.69, 9.17) is 10.3 Å². The number of aliphatic hydroxyl groups is 3. The number of nitrogens with one attached hydrogen (secondary N) is 1. The molecule has 14 nitrogen and oxygen atoms in total. The largest absolute Gasteiger partial charge is 0.510 e. The van der Waals surface area contributed by atoms with Crippen LogP contribution in [0.4, 0.5) is 5.69 Å². The molecule has 0 saturated heterocycles. The van der Waals surface area contributed by atoms with Crippen molar-refractivity contribution >= 4 is 33.2 Å². The van der Waals surface area contributed by atoms with Crippen molar-refractivity contribution in [2.24, 2.45) is 17.6 Å². The van der Waals surface area contributed by atoms with E-state index in [0.717, 1.165) is 6.20 Å². The summed E-state index contributed by atoms with van der Waals surface area (Å²) in [4.78, 5) is 41.0. The Labute approximate surface area is 262 Å². The van der Waals surface area contributed by atoms with Crippen LogP contribution in [0.25, 0.3) is 11.1 Å². The number of sulfonamides is 1. The predicted octanol–water partition coefficient (Wildman–Crippen LogP) is 1.88. The topological polar surface area (TPSA) is 234 Å². The average Bonchev–Trinajstić information content (AvgIpc) is 3.42. The minimum Gasteiger partial charge on any atom is -0.510 e. The first-order valence-corrected chi connectivity index (χ1v) is 15.6. The fourth-order valence-corrected chi connectivity index (χ4v) is 8.15. The van der Waals surface area contributed by atoms with Crippen LogP contribution < -0.4 is 10.5 Å². The zero-order valence-corrected chi connectivity index (χ0v) is 25.6. The van der Waals surface area contributed by atoms with Crippen molar-refractivity contribution in [3.63, 3.8) is 0 Å². The number of Topliss-reactive ketones (excluding diaryl/α,β-unsaturated/α-hetero) is 2. The molecule has 0 aliphatic heterocycles. The van der Waals surface area contributed by atoms with E-state index in [1.165, 1.54) is 30.0 Å². The molecular weight excluding hydrogens is 620 g/mol. The van der Waals surface area contributed by atoms with E-state index in [2.05, 4.69) is 9.88 Å². The summed E-state index contributed by atoms with van der Waals surface area (Å²) in [6.07, 6.45) is 1.14. The Morgan fingerprint density at radius 3 is 2.37 bits per heavy atom. The van der Waals surface area contributed by atoms with E-state index in [9.17, 15) is 43.2 Å². The van der Waals surface area contributed by atoms with Crippen LogP contribution in [0.15, 0.2) is 74.7 Å². The lowest BCUT2D eigenvalue weighted by Gasteiger charge is -2.50.